The molecule has 1 aromatic heterocycles. The second-order valence-electron chi connectivity index (χ2n) is 10.7. The summed E-state index contributed by atoms with van der Waals surface area (Å²) in [6.07, 6.45) is 1.97. The number of likely N-dealkylation sites (tertiary alicyclic amines) is 1. The SMILES string of the molecule is C=CC(=O)N1CC(NC(=O)C(C)(C)n2c(C)c(C(=O)N3CCc4c(cccc4OC)C3)c3cc(Cl)ccc32)C1. The third-order valence-corrected chi connectivity index (χ3v) is 8.16. The van der Waals surface area contributed by atoms with Gasteiger partial charge in [0.15, 0.2) is 0 Å². The molecule has 1 saturated heterocycles. The topological polar surface area (TPSA) is 83.9 Å². The van der Waals surface area contributed by atoms with E-state index in [1.807, 2.05) is 54.5 Å². The van der Waals surface area contributed by atoms with Crippen LogP contribution in [-0.4, -0.2) is 64.9 Å². The van der Waals surface area contributed by atoms with Crippen LogP contribution in [0.25, 0.3) is 10.9 Å². The average molecular weight is 549 g/mol. The van der Waals surface area contributed by atoms with E-state index < -0.39 is 5.54 Å². The van der Waals surface area contributed by atoms with E-state index in [4.69, 9.17) is 16.3 Å². The summed E-state index contributed by atoms with van der Waals surface area (Å²) >= 11 is 6.40. The van der Waals surface area contributed by atoms with Gasteiger partial charge < -0.3 is 24.4 Å². The van der Waals surface area contributed by atoms with Crippen molar-refractivity contribution in [3.05, 3.63) is 76.5 Å². The maximum Gasteiger partial charge on any atom is 0.256 e. The summed E-state index contributed by atoms with van der Waals surface area (Å²) in [4.78, 5) is 42.9. The second-order valence-corrected chi connectivity index (χ2v) is 11.1. The van der Waals surface area contributed by atoms with E-state index in [1.165, 1.54) is 6.08 Å². The Morgan fingerprint density at radius 1 is 1.15 bits per heavy atom. The number of fused-ring (bicyclic) bond motifs is 2. The van der Waals surface area contributed by atoms with Gasteiger partial charge in [-0.3, -0.25) is 14.4 Å². The Morgan fingerprint density at radius 2 is 1.90 bits per heavy atom. The lowest BCUT2D eigenvalue weighted by Gasteiger charge is -2.41. The van der Waals surface area contributed by atoms with Gasteiger partial charge in [0, 0.05) is 47.8 Å². The molecule has 3 heterocycles. The standard InChI is InChI=1S/C30H33ClN4O4/c1-6-26(36)34-16-21(17-34)32-29(38)30(3,4)35-18(2)27(23-14-20(31)10-11-24(23)35)28(37)33-13-12-22-19(15-33)8-7-9-25(22)39-5/h6-11,14,21H,1,12-13,15-17H2,2-5H3,(H,32,38). The number of carbonyl (C=O) groups excluding carboxylic acids is 3. The fourth-order valence-electron chi connectivity index (χ4n) is 5.82. The van der Waals surface area contributed by atoms with Crippen LogP contribution in [0.4, 0.5) is 0 Å². The van der Waals surface area contributed by atoms with Crippen LogP contribution < -0.4 is 10.1 Å². The number of ether oxygens (including phenoxy) is 1. The largest absolute Gasteiger partial charge is 0.496 e. The number of benzene rings is 2. The van der Waals surface area contributed by atoms with Crippen molar-refractivity contribution in [1.82, 2.24) is 19.7 Å². The highest BCUT2D eigenvalue weighted by Crippen LogP contribution is 2.36. The number of hydrogen-bond acceptors (Lipinski definition) is 4. The maximum absolute atomic E-state index is 14.1. The van der Waals surface area contributed by atoms with Crippen LogP contribution in [0, 0.1) is 6.92 Å². The zero-order chi connectivity index (χ0) is 28.1. The third kappa shape index (κ3) is 4.56. The first-order valence-corrected chi connectivity index (χ1v) is 13.4. The van der Waals surface area contributed by atoms with E-state index in [-0.39, 0.29) is 23.8 Å². The Bertz CT molecular complexity index is 1500. The third-order valence-electron chi connectivity index (χ3n) is 7.93. The van der Waals surface area contributed by atoms with Gasteiger partial charge in [0.25, 0.3) is 5.91 Å². The first kappa shape index (κ1) is 26.8. The lowest BCUT2D eigenvalue weighted by Crippen LogP contribution is -2.63. The van der Waals surface area contributed by atoms with Gasteiger partial charge in [-0.05, 0) is 63.1 Å². The molecule has 39 heavy (non-hydrogen) atoms. The lowest BCUT2D eigenvalue weighted by molar-refractivity contribution is -0.136. The second kappa shape index (κ2) is 10.1. The van der Waals surface area contributed by atoms with E-state index in [9.17, 15) is 14.4 Å². The molecule has 204 valence electrons. The molecule has 0 aliphatic carbocycles. The van der Waals surface area contributed by atoms with E-state index in [0.29, 0.717) is 54.3 Å². The predicted molar refractivity (Wildman–Crippen MR) is 151 cm³/mol. The van der Waals surface area contributed by atoms with Crippen molar-refractivity contribution in [2.24, 2.45) is 0 Å². The molecular formula is C30H33ClN4O4. The Kier molecular flexibility index (Phi) is 6.93. The summed E-state index contributed by atoms with van der Waals surface area (Å²) < 4.78 is 7.45. The zero-order valence-corrected chi connectivity index (χ0v) is 23.5. The van der Waals surface area contributed by atoms with E-state index >= 15 is 0 Å². The summed E-state index contributed by atoms with van der Waals surface area (Å²) in [6, 6.07) is 11.2. The van der Waals surface area contributed by atoms with Crippen LogP contribution in [0.3, 0.4) is 0 Å². The van der Waals surface area contributed by atoms with Crippen LogP contribution in [0.2, 0.25) is 5.02 Å². The minimum atomic E-state index is -1.01. The molecule has 0 spiro atoms. The Morgan fingerprint density at radius 3 is 2.59 bits per heavy atom. The van der Waals surface area contributed by atoms with E-state index in [2.05, 4.69) is 11.9 Å². The summed E-state index contributed by atoms with van der Waals surface area (Å²) in [7, 11) is 1.66. The zero-order valence-electron chi connectivity index (χ0n) is 22.7. The smallest absolute Gasteiger partial charge is 0.256 e. The molecule has 2 aliphatic rings. The summed E-state index contributed by atoms with van der Waals surface area (Å²) in [6.45, 7) is 11.0. The summed E-state index contributed by atoms with van der Waals surface area (Å²) in [5.74, 6) is 0.410. The number of aromatic nitrogens is 1. The monoisotopic (exact) mass is 548 g/mol. The molecule has 1 N–H and O–H groups in total. The van der Waals surface area contributed by atoms with Gasteiger partial charge in [-0.1, -0.05) is 30.3 Å². The van der Waals surface area contributed by atoms with Crippen molar-refractivity contribution in [2.75, 3.05) is 26.7 Å². The van der Waals surface area contributed by atoms with Gasteiger partial charge >= 0.3 is 0 Å². The normalized spacial score (nSPS) is 15.5. The van der Waals surface area contributed by atoms with Gasteiger partial charge in [0.2, 0.25) is 11.8 Å². The van der Waals surface area contributed by atoms with Gasteiger partial charge in [0.05, 0.1) is 24.2 Å². The molecule has 9 heteroatoms. The Balaban J connectivity index is 1.47. The molecule has 5 rings (SSSR count). The molecule has 1 fully saturated rings. The van der Waals surface area contributed by atoms with Gasteiger partial charge in [0.1, 0.15) is 11.3 Å². The number of rotatable bonds is 6. The molecule has 8 nitrogen and oxygen atoms in total. The summed E-state index contributed by atoms with van der Waals surface area (Å²) in [5.41, 5.74) is 3.19. The molecule has 0 saturated carbocycles. The van der Waals surface area contributed by atoms with Crippen molar-refractivity contribution in [2.45, 2.75) is 45.3 Å². The van der Waals surface area contributed by atoms with E-state index in [1.54, 1.807) is 24.1 Å². The highest BCUT2D eigenvalue weighted by Gasteiger charge is 2.39. The lowest BCUT2D eigenvalue weighted by atomic mass is 9.97. The number of nitrogens with zero attached hydrogens (tertiary/aromatic N) is 3. The minimum Gasteiger partial charge on any atom is -0.496 e. The highest BCUT2D eigenvalue weighted by atomic mass is 35.5. The van der Waals surface area contributed by atoms with Crippen molar-refractivity contribution in [3.63, 3.8) is 0 Å². The average Bonchev–Trinajstić information content (AvgIpc) is 3.19. The van der Waals surface area contributed by atoms with Crippen molar-refractivity contribution < 1.29 is 19.1 Å². The maximum atomic E-state index is 14.1. The molecule has 3 aromatic rings. The molecule has 0 radical (unpaired) electrons. The Hall–Kier alpha value is -3.78. The van der Waals surface area contributed by atoms with Crippen LogP contribution in [0.15, 0.2) is 49.1 Å². The van der Waals surface area contributed by atoms with Crippen molar-refractivity contribution in [1.29, 1.82) is 0 Å². The number of halogens is 1. The molecule has 0 bridgehead atoms. The summed E-state index contributed by atoms with van der Waals surface area (Å²) in [5, 5.41) is 4.31. The van der Waals surface area contributed by atoms with Crippen LogP contribution >= 0.6 is 11.6 Å². The van der Waals surface area contributed by atoms with E-state index in [0.717, 1.165) is 22.4 Å². The Labute approximate surface area is 233 Å². The fraction of sp³-hybridized carbons (Fsp3) is 0.367. The number of amides is 3. The fourth-order valence-corrected chi connectivity index (χ4v) is 5.99. The number of methoxy groups -OCH3 is 1. The first-order valence-electron chi connectivity index (χ1n) is 13.0. The van der Waals surface area contributed by atoms with Gasteiger partial charge in [-0.2, -0.15) is 0 Å². The minimum absolute atomic E-state index is 0.0965. The highest BCUT2D eigenvalue weighted by molar-refractivity contribution is 6.31. The number of nitrogens with one attached hydrogen (secondary N) is 1. The van der Waals surface area contributed by atoms with Crippen LogP contribution in [-0.2, 0) is 28.1 Å². The molecule has 0 atom stereocenters. The number of carbonyl (C=O) groups is 3. The van der Waals surface area contributed by atoms with Gasteiger partial charge in [-0.15, -0.1) is 0 Å². The quantitative estimate of drug-likeness (QED) is 0.471. The van der Waals surface area contributed by atoms with Crippen LogP contribution in [0.1, 0.15) is 41.0 Å². The predicted octanol–water partition coefficient (Wildman–Crippen LogP) is 4.06. The molecular weight excluding hydrogens is 516 g/mol. The number of hydrogen-bond donors (Lipinski definition) is 1. The molecule has 2 aliphatic heterocycles. The van der Waals surface area contributed by atoms with Crippen molar-refractivity contribution in [3.8, 4) is 5.75 Å². The van der Waals surface area contributed by atoms with Gasteiger partial charge in [-0.25, -0.2) is 0 Å². The molecule has 2 aromatic carbocycles. The van der Waals surface area contributed by atoms with Crippen LogP contribution in [0.5, 0.6) is 5.75 Å². The molecule has 3 amide bonds. The first-order chi connectivity index (χ1) is 18.6. The molecule has 0 unspecified atom stereocenters. The van der Waals surface area contributed by atoms with Crippen molar-refractivity contribution >= 4 is 40.2 Å².